The summed E-state index contributed by atoms with van der Waals surface area (Å²) >= 11 is 0. The fourth-order valence-corrected chi connectivity index (χ4v) is 2.53. The number of benzene rings is 1. The van der Waals surface area contributed by atoms with Gasteiger partial charge in [-0.1, -0.05) is 36.6 Å². The lowest BCUT2D eigenvalue weighted by Crippen LogP contribution is -2.14. The van der Waals surface area contributed by atoms with Crippen LogP contribution in [0.1, 0.15) is 25.0 Å². The van der Waals surface area contributed by atoms with Crippen LogP contribution in [-0.4, -0.2) is 12.3 Å². The summed E-state index contributed by atoms with van der Waals surface area (Å²) in [7, 11) is 1.66. The number of rotatable bonds is 4. The summed E-state index contributed by atoms with van der Waals surface area (Å²) < 4.78 is 10.4. The van der Waals surface area contributed by atoms with Crippen molar-refractivity contribution in [3.63, 3.8) is 0 Å². The average molecular weight is 258 g/mol. The molecule has 0 radical (unpaired) electrons. The molecule has 0 amide bonds. The van der Waals surface area contributed by atoms with Crippen molar-refractivity contribution in [3.05, 3.63) is 30.0 Å². The van der Waals surface area contributed by atoms with Gasteiger partial charge in [-0.25, -0.2) is 0 Å². The summed E-state index contributed by atoms with van der Waals surface area (Å²) in [5.74, 6) is 1.93. The van der Waals surface area contributed by atoms with E-state index in [-0.39, 0.29) is 0 Å². The van der Waals surface area contributed by atoms with Gasteiger partial charge >= 0.3 is 0 Å². The smallest absolute Gasteiger partial charge is 0.230 e. The molecule has 1 fully saturated rings. The quantitative estimate of drug-likeness (QED) is 0.914. The molecule has 1 aliphatic carbocycles. The van der Waals surface area contributed by atoms with E-state index in [4.69, 9.17) is 15.0 Å². The van der Waals surface area contributed by atoms with E-state index >= 15 is 0 Å². The second-order valence-corrected chi connectivity index (χ2v) is 5.10. The van der Waals surface area contributed by atoms with E-state index in [2.05, 4.69) is 5.16 Å². The monoisotopic (exact) mass is 258 g/mol. The van der Waals surface area contributed by atoms with Gasteiger partial charge in [-0.3, -0.25) is 0 Å². The lowest BCUT2D eigenvalue weighted by molar-refractivity contribution is 0.306. The van der Waals surface area contributed by atoms with E-state index in [0.29, 0.717) is 5.88 Å². The lowest BCUT2D eigenvalue weighted by Gasteiger charge is -2.24. The third-order valence-electron chi connectivity index (χ3n) is 3.85. The molecule has 0 unspecified atom stereocenters. The number of ether oxygens (including phenoxy) is 1. The largest absolute Gasteiger partial charge is 0.497 e. The number of nitrogen functional groups attached to an aromatic ring is 1. The van der Waals surface area contributed by atoms with Gasteiger partial charge in [-0.15, -0.1) is 0 Å². The van der Waals surface area contributed by atoms with Crippen molar-refractivity contribution >= 4 is 5.88 Å². The predicted molar refractivity (Wildman–Crippen MR) is 73.9 cm³/mol. The highest BCUT2D eigenvalue weighted by Gasteiger charge is 2.23. The molecule has 1 saturated carbocycles. The van der Waals surface area contributed by atoms with Crippen molar-refractivity contribution in [1.82, 2.24) is 5.16 Å². The minimum absolute atomic E-state index is 0.391. The van der Waals surface area contributed by atoms with Crippen LogP contribution in [-0.2, 0) is 6.42 Å². The molecule has 3 rings (SSSR count). The molecular weight excluding hydrogens is 240 g/mol. The third kappa shape index (κ3) is 2.30. The Kier molecular flexibility index (Phi) is 3.15. The molecule has 4 heteroatoms. The highest BCUT2D eigenvalue weighted by atomic mass is 16.5. The Bertz CT molecular complexity index is 573. The lowest BCUT2D eigenvalue weighted by atomic mass is 9.81. The van der Waals surface area contributed by atoms with Crippen LogP contribution in [0.15, 0.2) is 28.8 Å². The molecule has 4 nitrogen and oxygen atoms in total. The number of methoxy groups -OCH3 is 1. The van der Waals surface area contributed by atoms with E-state index in [9.17, 15) is 0 Å². The Morgan fingerprint density at radius 1 is 1.42 bits per heavy atom. The van der Waals surface area contributed by atoms with E-state index in [1.807, 2.05) is 24.3 Å². The minimum atomic E-state index is 0.391. The number of hydrogen-bond acceptors (Lipinski definition) is 4. The van der Waals surface area contributed by atoms with Crippen molar-refractivity contribution in [1.29, 1.82) is 0 Å². The second-order valence-electron chi connectivity index (χ2n) is 5.10. The van der Waals surface area contributed by atoms with Gasteiger partial charge in [0.05, 0.1) is 18.4 Å². The van der Waals surface area contributed by atoms with Crippen LogP contribution in [0.4, 0.5) is 5.88 Å². The summed E-state index contributed by atoms with van der Waals surface area (Å²) in [5.41, 5.74) is 8.83. The molecular formula is C15H18N2O2. The maximum atomic E-state index is 5.93. The summed E-state index contributed by atoms with van der Waals surface area (Å²) in [6, 6.07) is 7.84. The molecule has 19 heavy (non-hydrogen) atoms. The third-order valence-corrected chi connectivity index (χ3v) is 3.85. The fourth-order valence-electron chi connectivity index (χ4n) is 2.53. The number of aromatic nitrogens is 1. The van der Waals surface area contributed by atoms with Crippen LogP contribution in [0.5, 0.6) is 5.75 Å². The summed E-state index contributed by atoms with van der Waals surface area (Å²) in [4.78, 5) is 0. The van der Waals surface area contributed by atoms with E-state index in [0.717, 1.165) is 34.9 Å². The van der Waals surface area contributed by atoms with Gasteiger partial charge in [0, 0.05) is 0 Å². The molecule has 100 valence electrons. The molecule has 1 aromatic heterocycles. The Balaban J connectivity index is 1.95. The molecule has 0 aliphatic heterocycles. The minimum Gasteiger partial charge on any atom is -0.497 e. The van der Waals surface area contributed by atoms with Crippen LogP contribution in [0.25, 0.3) is 11.1 Å². The number of nitrogens with two attached hydrogens (primary N) is 1. The van der Waals surface area contributed by atoms with Crippen LogP contribution in [0, 0.1) is 5.92 Å². The first-order chi connectivity index (χ1) is 9.28. The zero-order valence-corrected chi connectivity index (χ0v) is 11.1. The standard InChI is InChI=1S/C15H18N2O2/c1-18-12-7-3-6-11(9-12)14-13(17-19-15(14)16)8-10-4-2-5-10/h3,6-7,9-10H,2,4-5,8,16H2,1H3. The van der Waals surface area contributed by atoms with Gasteiger partial charge in [-0.2, -0.15) is 0 Å². The van der Waals surface area contributed by atoms with Gasteiger partial charge in [-0.05, 0) is 30.0 Å². The summed E-state index contributed by atoms with van der Waals surface area (Å²) in [6.45, 7) is 0. The van der Waals surface area contributed by atoms with Crippen LogP contribution >= 0.6 is 0 Å². The van der Waals surface area contributed by atoms with Crippen molar-refractivity contribution in [2.75, 3.05) is 12.8 Å². The maximum absolute atomic E-state index is 5.93. The van der Waals surface area contributed by atoms with Crippen LogP contribution in [0.2, 0.25) is 0 Å². The van der Waals surface area contributed by atoms with Gasteiger partial charge in [0.15, 0.2) is 0 Å². The number of anilines is 1. The van der Waals surface area contributed by atoms with Gasteiger partial charge < -0.3 is 15.0 Å². The van der Waals surface area contributed by atoms with E-state index < -0.39 is 0 Å². The molecule has 2 aromatic rings. The first-order valence-corrected chi connectivity index (χ1v) is 6.66. The molecule has 1 aromatic carbocycles. The highest BCUT2D eigenvalue weighted by molar-refractivity contribution is 5.76. The topological polar surface area (TPSA) is 61.3 Å². The van der Waals surface area contributed by atoms with Crippen molar-refractivity contribution in [2.45, 2.75) is 25.7 Å². The Morgan fingerprint density at radius 3 is 2.95 bits per heavy atom. The summed E-state index contributed by atoms with van der Waals surface area (Å²) in [6.07, 6.45) is 4.84. The number of hydrogen-bond donors (Lipinski definition) is 1. The molecule has 0 spiro atoms. The summed E-state index contributed by atoms with van der Waals surface area (Å²) in [5, 5.41) is 4.13. The molecule has 1 aliphatic rings. The van der Waals surface area contributed by atoms with Gasteiger partial charge in [0.1, 0.15) is 5.75 Å². The second kappa shape index (κ2) is 4.96. The van der Waals surface area contributed by atoms with Crippen molar-refractivity contribution in [3.8, 4) is 16.9 Å². The van der Waals surface area contributed by atoms with E-state index in [1.54, 1.807) is 7.11 Å². The van der Waals surface area contributed by atoms with Gasteiger partial charge in [0.25, 0.3) is 0 Å². The molecule has 2 N–H and O–H groups in total. The number of nitrogens with zero attached hydrogens (tertiary/aromatic N) is 1. The zero-order chi connectivity index (χ0) is 13.2. The van der Waals surface area contributed by atoms with Crippen molar-refractivity contribution in [2.24, 2.45) is 5.92 Å². The first kappa shape index (κ1) is 12.1. The predicted octanol–water partition coefficient (Wildman–Crippen LogP) is 3.28. The van der Waals surface area contributed by atoms with Crippen molar-refractivity contribution < 1.29 is 9.26 Å². The van der Waals surface area contributed by atoms with Gasteiger partial charge in [0.2, 0.25) is 5.88 Å². The average Bonchev–Trinajstić information content (AvgIpc) is 2.75. The van der Waals surface area contributed by atoms with E-state index in [1.165, 1.54) is 19.3 Å². The van der Waals surface area contributed by atoms with Crippen LogP contribution < -0.4 is 10.5 Å². The molecule has 0 bridgehead atoms. The molecule has 0 atom stereocenters. The Hall–Kier alpha value is -1.97. The Morgan fingerprint density at radius 2 is 2.26 bits per heavy atom. The SMILES string of the molecule is COc1cccc(-c2c(CC3CCC3)noc2N)c1. The first-order valence-electron chi connectivity index (χ1n) is 6.66. The molecule has 1 heterocycles. The fraction of sp³-hybridized carbons (Fsp3) is 0.400. The van der Waals surface area contributed by atoms with Crippen LogP contribution in [0.3, 0.4) is 0 Å². The zero-order valence-electron chi connectivity index (χ0n) is 11.1. The Labute approximate surface area is 112 Å². The highest BCUT2D eigenvalue weighted by Crippen LogP contribution is 2.36. The normalized spacial score (nSPS) is 15.2. The molecule has 0 saturated heterocycles. The maximum Gasteiger partial charge on any atom is 0.230 e.